The molecule has 6 nitrogen and oxygen atoms in total. The summed E-state index contributed by atoms with van der Waals surface area (Å²) < 4.78 is 32.0. The van der Waals surface area contributed by atoms with E-state index < -0.39 is 10.0 Å². The largest absolute Gasteiger partial charge is 0.450 e. The van der Waals surface area contributed by atoms with Gasteiger partial charge in [0, 0.05) is 19.1 Å². The third kappa shape index (κ3) is 3.78. The van der Waals surface area contributed by atoms with Gasteiger partial charge in [-0.25, -0.2) is 17.9 Å². The van der Waals surface area contributed by atoms with Crippen molar-refractivity contribution < 1.29 is 17.9 Å². The molecule has 0 spiro atoms. The molecule has 0 unspecified atom stereocenters. The van der Waals surface area contributed by atoms with Crippen LogP contribution in [-0.2, 0) is 27.7 Å². The van der Waals surface area contributed by atoms with Gasteiger partial charge in [-0.3, -0.25) is 0 Å². The molecule has 1 N–H and O–H groups in total. The van der Waals surface area contributed by atoms with E-state index in [0.29, 0.717) is 26.1 Å². The van der Waals surface area contributed by atoms with Crippen molar-refractivity contribution in [2.45, 2.75) is 44.7 Å². The van der Waals surface area contributed by atoms with Crippen LogP contribution in [0.3, 0.4) is 0 Å². The molecule has 1 aromatic rings. The van der Waals surface area contributed by atoms with Crippen molar-refractivity contribution in [1.29, 1.82) is 0 Å². The van der Waals surface area contributed by atoms with Gasteiger partial charge in [0.25, 0.3) is 0 Å². The highest BCUT2D eigenvalue weighted by Crippen LogP contribution is 2.23. The van der Waals surface area contributed by atoms with E-state index in [1.807, 2.05) is 6.07 Å². The maximum Gasteiger partial charge on any atom is 0.410 e. The number of carbonyl (C=O) groups is 1. The number of benzene rings is 1. The highest BCUT2D eigenvalue weighted by atomic mass is 32.2. The molecule has 1 heterocycles. The average Bonchev–Trinajstić information content (AvgIpc) is 2.45. The van der Waals surface area contributed by atoms with E-state index in [2.05, 4.69) is 4.72 Å². The highest BCUT2D eigenvalue weighted by molar-refractivity contribution is 7.89. The fourth-order valence-electron chi connectivity index (χ4n) is 2.45. The molecular weight excluding hydrogens is 304 g/mol. The molecule has 0 aliphatic carbocycles. The topological polar surface area (TPSA) is 75.7 Å². The molecular formula is C15H22N2O4S. The van der Waals surface area contributed by atoms with Crippen LogP contribution in [0.2, 0.25) is 0 Å². The number of amides is 1. The van der Waals surface area contributed by atoms with Crippen LogP contribution in [0.4, 0.5) is 4.79 Å². The van der Waals surface area contributed by atoms with E-state index in [0.717, 1.165) is 11.1 Å². The number of nitrogens with zero attached hydrogens (tertiary/aromatic N) is 1. The Bertz CT molecular complexity index is 656. The average molecular weight is 326 g/mol. The van der Waals surface area contributed by atoms with Gasteiger partial charge in [0.15, 0.2) is 0 Å². The Hall–Kier alpha value is -1.60. The van der Waals surface area contributed by atoms with E-state index in [1.165, 1.54) is 0 Å². The van der Waals surface area contributed by atoms with Crippen LogP contribution in [0.5, 0.6) is 0 Å². The Balaban J connectivity index is 2.24. The van der Waals surface area contributed by atoms with Crippen molar-refractivity contribution in [2.24, 2.45) is 0 Å². The third-order valence-corrected chi connectivity index (χ3v) is 5.07. The second-order valence-electron chi connectivity index (χ2n) is 5.58. The molecule has 0 bridgehead atoms. The van der Waals surface area contributed by atoms with Gasteiger partial charge < -0.3 is 9.64 Å². The van der Waals surface area contributed by atoms with E-state index in [4.69, 9.17) is 4.74 Å². The third-order valence-electron chi connectivity index (χ3n) is 3.42. The van der Waals surface area contributed by atoms with Crippen molar-refractivity contribution in [3.8, 4) is 0 Å². The van der Waals surface area contributed by atoms with Crippen LogP contribution in [0.25, 0.3) is 0 Å². The monoisotopic (exact) mass is 326 g/mol. The summed E-state index contributed by atoms with van der Waals surface area (Å²) in [7, 11) is -3.53. The molecule has 1 aliphatic rings. The van der Waals surface area contributed by atoms with E-state index >= 15 is 0 Å². The maximum atomic E-state index is 12.2. The smallest absolute Gasteiger partial charge is 0.410 e. The first kappa shape index (κ1) is 16.8. The molecule has 0 radical (unpaired) electrons. The normalized spacial score (nSPS) is 14.8. The van der Waals surface area contributed by atoms with Crippen LogP contribution in [0.15, 0.2) is 23.1 Å². The van der Waals surface area contributed by atoms with Gasteiger partial charge in [0.2, 0.25) is 10.0 Å². The Labute approximate surface area is 131 Å². The number of carbonyl (C=O) groups excluding carboxylic acids is 1. The van der Waals surface area contributed by atoms with Crippen molar-refractivity contribution in [1.82, 2.24) is 9.62 Å². The zero-order chi connectivity index (χ0) is 16.3. The van der Waals surface area contributed by atoms with Crippen LogP contribution in [0, 0.1) is 0 Å². The Morgan fingerprint density at radius 1 is 1.36 bits per heavy atom. The summed E-state index contributed by atoms with van der Waals surface area (Å²) in [6, 6.07) is 4.92. The molecule has 0 fully saturated rings. The van der Waals surface area contributed by atoms with Gasteiger partial charge in [-0.05, 0) is 50.5 Å². The minimum absolute atomic E-state index is 0.169. The number of ether oxygens (including phenoxy) is 1. The predicted octanol–water partition coefficient (Wildman–Crippen LogP) is 1.89. The summed E-state index contributed by atoms with van der Waals surface area (Å²) in [6.07, 6.45) is 0.341. The molecule has 0 atom stereocenters. The lowest BCUT2D eigenvalue weighted by atomic mass is 10.0. The summed E-state index contributed by atoms with van der Waals surface area (Å²) in [4.78, 5) is 13.6. The number of nitrogens with one attached hydrogen (secondary N) is 1. The summed E-state index contributed by atoms with van der Waals surface area (Å²) in [6.45, 7) is 6.60. The SMILES string of the molecule is CCOC(=O)N1CCc2ccc(S(=O)(=O)NC(C)C)cc2C1. The van der Waals surface area contributed by atoms with Crippen molar-refractivity contribution >= 4 is 16.1 Å². The molecule has 7 heteroatoms. The first-order chi connectivity index (χ1) is 10.3. The molecule has 0 saturated heterocycles. The number of fused-ring (bicyclic) bond motifs is 1. The second kappa shape index (κ2) is 6.66. The van der Waals surface area contributed by atoms with Crippen molar-refractivity contribution in [3.05, 3.63) is 29.3 Å². The van der Waals surface area contributed by atoms with Gasteiger partial charge in [-0.2, -0.15) is 0 Å². The van der Waals surface area contributed by atoms with Gasteiger partial charge >= 0.3 is 6.09 Å². The zero-order valence-electron chi connectivity index (χ0n) is 13.1. The zero-order valence-corrected chi connectivity index (χ0v) is 13.9. The van der Waals surface area contributed by atoms with E-state index in [-0.39, 0.29) is 17.0 Å². The fourth-order valence-corrected chi connectivity index (χ4v) is 3.75. The first-order valence-corrected chi connectivity index (χ1v) is 8.87. The first-order valence-electron chi connectivity index (χ1n) is 7.39. The van der Waals surface area contributed by atoms with Crippen LogP contribution >= 0.6 is 0 Å². The second-order valence-corrected chi connectivity index (χ2v) is 7.29. The Morgan fingerprint density at radius 2 is 2.09 bits per heavy atom. The lowest BCUT2D eigenvalue weighted by molar-refractivity contribution is 0.102. The number of sulfonamides is 1. The summed E-state index contributed by atoms with van der Waals surface area (Å²) in [5.41, 5.74) is 1.93. The summed E-state index contributed by atoms with van der Waals surface area (Å²) >= 11 is 0. The molecule has 1 aromatic carbocycles. The lowest BCUT2D eigenvalue weighted by Crippen LogP contribution is -2.36. The van der Waals surface area contributed by atoms with Gasteiger partial charge in [-0.1, -0.05) is 6.07 Å². The minimum atomic E-state index is -3.53. The lowest BCUT2D eigenvalue weighted by Gasteiger charge is -2.28. The van der Waals surface area contributed by atoms with Gasteiger partial charge in [-0.15, -0.1) is 0 Å². The summed E-state index contributed by atoms with van der Waals surface area (Å²) in [5.74, 6) is 0. The quantitative estimate of drug-likeness (QED) is 0.917. The number of hydrogen-bond acceptors (Lipinski definition) is 4. The van der Waals surface area contributed by atoms with Crippen molar-refractivity contribution in [3.63, 3.8) is 0 Å². The number of rotatable bonds is 4. The van der Waals surface area contributed by atoms with E-state index in [1.54, 1.807) is 37.8 Å². The minimum Gasteiger partial charge on any atom is -0.450 e. The molecule has 1 aliphatic heterocycles. The molecule has 122 valence electrons. The molecule has 1 amide bonds. The Kier molecular flexibility index (Phi) is 5.08. The van der Waals surface area contributed by atoms with E-state index in [9.17, 15) is 13.2 Å². The summed E-state index contributed by atoms with van der Waals surface area (Å²) in [5, 5.41) is 0. The molecule has 0 aromatic heterocycles. The maximum absolute atomic E-state index is 12.2. The van der Waals surface area contributed by atoms with Crippen molar-refractivity contribution in [2.75, 3.05) is 13.2 Å². The highest BCUT2D eigenvalue weighted by Gasteiger charge is 2.24. The standard InChI is InChI=1S/C15H22N2O4S/c1-4-21-15(18)17-8-7-12-5-6-14(9-13(12)10-17)22(19,20)16-11(2)3/h5-6,9,11,16H,4,7-8,10H2,1-3H3. The predicted molar refractivity (Wildman–Crippen MR) is 83.0 cm³/mol. The van der Waals surface area contributed by atoms with Crippen LogP contribution in [-0.4, -0.2) is 38.6 Å². The Morgan fingerprint density at radius 3 is 2.73 bits per heavy atom. The molecule has 0 saturated carbocycles. The fraction of sp³-hybridized carbons (Fsp3) is 0.533. The molecule has 22 heavy (non-hydrogen) atoms. The number of hydrogen-bond donors (Lipinski definition) is 1. The van der Waals surface area contributed by atoms with Crippen LogP contribution < -0.4 is 4.72 Å². The van der Waals surface area contributed by atoms with Gasteiger partial charge in [0.05, 0.1) is 11.5 Å². The van der Waals surface area contributed by atoms with Gasteiger partial charge in [0.1, 0.15) is 0 Å². The molecule has 2 rings (SSSR count). The van der Waals surface area contributed by atoms with Crippen LogP contribution in [0.1, 0.15) is 31.9 Å².